The molecule has 0 heterocycles. The summed E-state index contributed by atoms with van der Waals surface area (Å²) < 4.78 is 4.88. The van der Waals surface area contributed by atoms with E-state index in [0.29, 0.717) is 0 Å². The third kappa shape index (κ3) is 2.34. The van der Waals surface area contributed by atoms with Crippen molar-refractivity contribution >= 4 is 29.2 Å². The summed E-state index contributed by atoms with van der Waals surface area (Å²) in [6, 6.07) is 2.90. The van der Waals surface area contributed by atoms with Crippen molar-refractivity contribution in [2.24, 2.45) is 0 Å². The molecule has 0 bridgehead atoms. The first-order chi connectivity index (χ1) is 6.99. The number of rotatable bonds is 3. The Bertz CT molecular complexity index is 392. The standard InChI is InChI=1S/C9H8Cl2O4/c1-15-5-3-2-4(10)6(7(5)11)8(12)9(13)14/h2-3,8,12H,1H3,(H,13,14). The Morgan fingerprint density at radius 2 is 2.07 bits per heavy atom. The number of carboxylic acid groups (broad SMARTS) is 1. The summed E-state index contributed by atoms with van der Waals surface area (Å²) in [5.74, 6) is -1.16. The van der Waals surface area contributed by atoms with Gasteiger partial charge in [0.05, 0.1) is 12.1 Å². The Kier molecular flexibility index (Phi) is 3.79. The molecule has 0 aliphatic rings. The van der Waals surface area contributed by atoms with E-state index in [4.69, 9.17) is 33.0 Å². The zero-order chi connectivity index (χ0) is 11.6. The van der Waals surface area contributed by atoms with Gasteiger partial charge in [-0.3, -0.25) is 0 Å². The van der Waals surface area contributed by atoms with Crippen LogP contribution in [0, 0.1) is 0 Å². The lowest BCUT2D eigenvalue weighted by atomic mass is 10.1. The summed E-state index contributed by atoms with van der Waals surface area (Å²) in [5.41, 5.74) is -0.0646. The molecule has 2 N–H and O–H groups in total. The van der Waals surface area contributed by atoms with Crippen LogP contribution < -0.4 is 4.74 Å². The predicted octanol–water partition coefficient (Wildman–Crippen LogP) is 2.12. The van der Waals surface area contributed by atoms with Gasteiger partial charge in [-0.1, -0.05) is 23.2 Å². The average molecular weight is 251 g/mol. The minimum absolute atomic E-state index is 0.0000926. The second-order valence-electron chi connectivity index (χ2n) is 2.72. The van der Waals surface area contributed by atoms with E-state index in [-0.39, 0.29) is 21.4 Å². The highest BCUT2D eigenvalue weighted by atomic mass is 35.5. The Hall–Kier alpha value is -0.970. The molecule has 0 radical (unpaired) electrons. The fourth-order valence-corrected chi connectivity index (χ4v) is 1.74. The summed E-state index contributed by atoms with van der Waals surface area (Å²) in [5, 5.41) is 18.1. The van der Waals surface area contributed by atoms with Crippen LogP contribution in [0.3, 0.4) is 0 Å². The van der Waals surface area contributed by atoms with Crippen molar-refractivity contribution in [1.29, 1.82) is 0 Å². The highest BCUT2D eigenvalue weighted by molar-refractivity contribution is 6.37. The van der Waals surface area contributed by atoms with E-state index < -0.39 is 12.1 Å². The first kappa shape index (κ1) is 12.1. The van der Waals surface area contributed by atoms with Crippen LogP contribution in [0.4, 0.5) is 0 Å². The second kappa shape index (κ2) is 4.70. The van der Waals surface area contributed by atoms with Crippen molar-refractivity contribution in [3.63, 3.8) is 0 Å². The fourth-order valence-electron chi connectivity index (χ4n) is 1.08. The van der Waals surface area contributed by atoms with Gasteiger partial charge in [0.2, 0.25) is 0 Å². The van der Waals surface area contributed by atoms with Crippen LogP contribution >= 0.6 is 23.2 Å². The number of hydrogen-bond donors (Lipinski definition) is 2. The maximum absolute atomic E-state index is 10.6. The molecule has 4 nitrogen and oxygen atoms in total. The van der Waals surface area contributed by atoms with E-state index in [1.165, 1.54) is 19.2 Å². The first-order valence-electron chi connectivity index (χ1n) is 3.91. The highest BCUT2D eigenvalue weighted by Crippen LogP contribution is 2.37. The minimum Gasteiger partial charge on any atom is -0.495 e. The second-order valence-corrected chi connectivity index (χ2v) is 3.50. The summed E-state index contributed by atoms with van der Waals surface area (Å²) in [6.07, 6.45) is -1.76. The quantitative estimate of drug-likeness (QED) is 0.863. The van der Waals surface area contributed by atoms with Crippen LogP contribution in [0.2, 0.25) is 10.0 Å². The predicted molar refractivity (Wildman–Crippen MR) is 55.6 cm³/mol. The van der Waals surface area contributed by atoms with Gasteiger partial charge in [0.1, 0.15) is 5.75 Å². The number of hydrogen-bond acceptors (Lipinski definition) is 3. The smallest absolute Gasteiger partial charge is 0.337 e. The number of benzene rings is 1. The van der Waals surface area contributed by atoms with Crippen molar-refractivity contribution in [2.45, 2.75) is 6.10 Å². The molecule has 15 heavy (non-hydrogen) atoms. The average Bonchev–Trinajstić information content (AvgIpc) is 2.17. The third-order valence-electron chi connectivity index (χ3n) is 1.82. The number of aliphatic carboxylic acids is 1. The molecule has 0 amide bonds. The van der Waals surface area contributed by atoms with Crippen LogP contribution in [0.1, 0.15) is 11.7 Å². The molecule has 1 unspecified atom stereocenters. The van der Waals surface area contributed by atoms with Gasteiger partial charge in [-0.15, -0.1) is 0 Å². The van der Waals surface area contributed by atoms with Crippen molar-refractivity contribution in [3.05, 3.63) is 27.7 Å². The van der Waals surface area contributed by atoms with E-state index in [2.05, 4.69) is 0 Å². The van der Waals surface area contributed by atoms with Crippen molar-refractivity contribution in [3.8, 4) is 5.75 Å². The van der Waals surface area contributed by atoms with E-state index in [0.717, 1.165) is 0 Å². The molecule has 0 saturated heterocycles. The molecule has 0 fully saturated rings. The number of ether oxygens (including phenoxy) is 1. The summed E-state index contributed by atoms with van der Waals surface area (Å²) >= 11 is 11.6. The van der Waals surface area contributed by atoms with Crippen molar-refractivity contribution in [2.75, 3.05) is 7.11 Å². The summed E-state index contributed by atoms with van der Waals surface area (Å²) in [4.78, 5) is 10.6. The van der Waals surface area contributed by atoms with Gasteiger partial charge in [-0.25, -0.2) is 4.79 Å². The Morgan fingerprint density at radius 3 is 2.53 bits per heavy atom. The van der Waals surface area contributed by atoms with Crippen LogP contribution in [0.25, 0.3) is 0 Å². The van der Waals surface area contributed by atoms with Crippen molar-refractivity contribution in [1.82, 2.24) is 0 Å². The molecule has 1 aromatic carbocycles. The third-order valence-corrected chi connectivity index (χ3v) is 2.54. The minimum atomic E-state index is -1.76. The van der Waals surface area contributed by atoms with E-state index in [9.17, 15) is 9.90 Å². The maximum Gasteiger partial charge on any atom is 0.337 e. The van der Waals surface area contributed by atoms with Gasteiger partial charge < -0.3 is 14.9 Å². The maximum atomic E-state index is 10.6. The first-order valence-corrected chi connectivity index (χ1v) is 4.67. The largest absolute Gasteiger partial charge is 0.495 e. The number of carboxylic acids is 1. The zero-order valence-electron chi connectivity index (χ0n) is 7.70. The normalized spacial score (nSPS) is 12.3. The lowest BCUT2D eigenvalue weighted by Crippen LogP contribution is -2.11. The number of aliphatic hydroxyl groups excluding tert-OH is 1. The molecule has 6 heteroatoms. The van der Waals surface area contributed by atoms with Gasteiger partial charge >= 0.3 is 5.97 Å². The zero-order valence-corrected chi connectivity index (χ0v) is 9.21. The monoisotopic (exact) mass is 250 g/mol. The molecule has 82 valence electrons. The van der Waals surface area contributed by atoms with E-state index >= 15 is 0 Å². The van der Waals surface area contributed by atoms with Crippen LogP contribution in [-0.2, 0) is 4.79 Å². The molecule has 0 saturated carbocycles. The lowest BCUT2D eigenvalue weighted by Gasteiger charge is -2.12. The molecule has 1 atom stereocenters. The SMILES string of the molecule is COc1ccc(Cl)c(C(O)C(=O)O)c1Cl. The molecule has 0 aliphatic carbocycles. The molecule has 1 rings (SSSR count). The molecular formula is C9H8Cl2O4. The number of carbonyl (C=O) groups is 1. The molecule has 0 aliphatic heterocycles. The Labute approximate surface area is 96.0 Å². The Balaban J connectivity index is 3.32. The van der Waals surface area contributed by atoms with E-state index in [1.807, 2.05) is 0 Å². The summed E-state index contributed by atoms with van der Waals surface area (Å²) in [6.45, 7) is 0. The number of methoxy groups -OCH3 is 1. The molecule has 1 aromatic rings. The lowest BCUT2D eigenvalue weighted by molar-refractivity contribution is -0.146. The fraction of sp³-hybridized carbons (Fsp3) is 0.222. The van der Waals surface area contributed by atoms with E-state index in [1.54, 1.807) is 0 Å². The van der Waals surface area contributed by atoms with Crippen molar-refractivity contribution < 1.29 is 19.7 Å². The van der Waals surface area contributed by atoms with Crippen LogP contribution in [0.15, 0.2) is 12.1 Å². The molecule has 0 aromatic heterocycles. The number of halogens is 2. The van der Waals surface area contributed by atoms with Gasteiger partial charge in [0.25, 0.3) is 0 Å². The van der Waals surface area contributed by atoms with Gasteiger partial charge in [-0.05, 0) is 12.1 Å². The number of aliphatic hydroxyl groups is 1. The van der Waals surface area contributed by atoms with Crippen LogP contribution in [0.5, 0.6) is 5.75 Å². The topological polar surface area (TPSA) is 66.8 Å². The molecular weight excluding hydrogens is 243 g/mol. The Morgan fingerprint density at radius 1 is 1.47 bits per heavy atom. The van der Waals surface area contributed by atoms with Crippen LogP contribution in [-0.4, -0.2) is 23.3 Å². The highest BCUT2D eigenvalue weighted by Gasteiger charge is 2.24. The summed E-state index contributed by atoms with van der Waals surface area (Å²) in [7, 11) is 1.38. The molecule has 0 spiro atoms. The van der Waals surface area contributed by atoms with Gasteiger partial charge in [0, 0.05) is 10.6 Å². The van der Waals surface area contributed by atoms with Gasteiger partial charge in [0.15, 0.2) is 6.10 Å². The van der Waals surface area contributed by atoms with Gasteiger partial charge in [-0.2, -0.15) is 0 Å².